The summed E-state index contributed by atoms with van der Waals surface area (Å²) in [7, 11) is 5.10. The number of benzene rings is 1. The molecular formula is C20H25N3O4. The van der Waals surface area contributed by atoms with Crippen LogP contribution < -0.4 is 19.5 Å². The van der Waals surface area contributed by atoms with Crippen molar-refractivity contribution in [2.24, 2.45) is 0 Å². The molecule has 1 aliphatic rings. The molecule has 2 heterocycles. The van der Waals surface area contributed by atoms with Crippen LogP contribution in [-0.4, -0.2) is 56.3 Å². The first kappa shape index (κ1) is 19.0. The third-order valence-corrected chi connectivity index (χ3v) is 4.56. The van der Waals surface area contributed by atoms with Crippen LogP contribution in [0.2, 0.25) is 0 Å². The Bertz CT molecular complexity index is 771. The van der Waals surface area contributed by atoms with Gasteiger partial charge in [0.2, 0.25) is 11.8 Å². The summed E-state index contributed by atoms with van der Waals surface area (Å²) >= 11 is 0. The van der Waals surface area contributed by atoms with Crippen molar-refractivity contribution in [2.75, 3.05) is 39.7 Å². The largest absolute Gasteiger partial charge is 0.490 e. The molecule has 7 heteroatoms. The average Bonchev–Trinajstić information content (AvgIpc) is 2.70. The minimum Gasteiger partial charge on any atom is -0.490 e. The molecular weight excluding hydrogens is 346 g/mol. The average molecular weight is 371 g/mol. The zero-order chi connectivity index (χ0) is 19.2. The van der Waals surface area contributed by atoms with Crippen molar-refractivity contribution in [2.45, 2.75) is 18.9 Å². The third kappa shape index (κ3) is 4.89. The monoisotopic (exact) mass is 371 g/mol. The summed E-state index contributed by atoms with van der Waals surface area (Å²) < 4.78 is 16.3. The summed E-state index contributed by atoms with van der Waals surface area (Å²) in [5.41, 5.74) is 1.01. The number of nitrogens with one attached hydrogen (secondary N) is 1. The van der Waals surface area contributed by atoms with Gasteiger partial charge in [0.1, 0.15) is 17.4 Å². The predicted octanol–water partition coefficient (Wildman–Crippen LogP) is 2.82. The van der Waals surface area contributed by atoms with E-state index in [1.54, 1.807) is 12.1 Å². The molecule has 0 spiro atoms. The van der Waals surface area contributed by atoms with E-state index in [4.69, 9.17) is 14.2 Å². The number of aromatic nitrogens is 1. The topological polar surface area (TPSA) is 72.9 Å². The van der Waals surface area contributed by atoms with Gasteiger partial charge in [0.05, 0.1) is 14.2 Å². The molecule has 1 aliphatic heterocycles. The number of anilines is 1. The van der Waals surface area contributed by atoms with E-state index in [-0.39, 0.29) is 17.9 Å². The van der Waals surface area contributed by atoms with Crippen LogP contribution in [0.5, 0.6) is 17.5 Å². The standard InChI is InChI=1S/C20H25N3O4/c1-23-12-10-16(11-13-23)27-15-6-4-14(5-7-15)21-19(24)17-8-9-18(25-2)22-20(17)26-3/h4-9,16H,10-13H2,1-3H3,(H,21,24). The minimum absolute atomic E-state index is 0.217. The Morgan fingerprint density at radius 1 is 1.07 bits per heavy atom. The SMILES string of the molecule is COc1ccc(C(=O)Nc2ccc(OC3CCN(C)CC3)cc2)c(OC)n1. The zero-order valence-electron chi connectivity index (χ0n) is 15.9. The summed E-state index contributed by atoms with van der Waals surface area (Å²) in [4.78, 5) is 19.0. The molecule has 1 N–H and O–H groups in total. The molecule has 1 saturated heterocycles. The maximum Gasteiger partial charge on any atom is 0.261 e. The van der Waals surface area contributed by atoms with E-state index in [1.165, 1.54) is 14.2 Å². The number of methoxy groups -OCH3 is 2. The highest BCUT2D eigenvalue weighted by Gasteiger charge is 2.18. The van der Waals surface area contributed by atoms with Gasteiger partial charge in [-0.05, 0) is 50.2 Å². The summed E-state index contributed by atoms with van der Waals surface area (Å²) in [6, 6.07) is 10.6. The lowest BCUT2D eigenvalue weighted by Crippen LogP contribution is -2.35. The lowest BCUT2D eigenvalue weighted by atomic mass is 10.1. The highest BCUT2D eigenvalue weighted by Crippen LogP contribution is 2.23. The van der Waals surface area contributed by atoms with Crippen molar-refractivity contribution in [3.8, 4) is 17.5 Å². The fourth-order valence-corrected chi connectivity index (χ4v) is 2.98. The number of hydrogen-bond acceptors (Lipinski definition) is 6. The number of nitrogens with zero attached hydrogens (tertiary/aromatic N) is 2. The van der Waals surface area contributed by atoms with Gasteiger partial charge in [0, 0.05) is 24.8 Å². The summed E-state index contributed by atoms with van der Waals surface area (Å²) in [5.74, 6) is 1.12. The number of carbonyl (C=O) groups excluding carboxylic acids is 1. The number of pyridine rings is 1. The van der Waals surface area contributed by atoms with Crippen LogP contribution >= 0.6 is 0 Å². The Labute approximate surface area is 159 Å². The first-order valence-corrected chi connectivity index (χ1v) is 8.94. The lowest BCUT2D eigenvalue weighted by molar-refractivity contribution is 0.102. The fraction of sp³-hybridized carbons (Fsp3) is 0.400. The van der Waals surface area contributed by atoms with Crippen LogP contribution in [0.25, 0.3) is 0 Å². The van der Waals surface area contributed by atoms with Gasteiger partial charge in [0.15, 0.2) is 0 Å². The van der Waals surface area contributed by atoms with Gasteiger partial charge in [-0.25, -0.2) is 0 Å². The van der Waals surface area contributed by atoms with E-state index in [0.29, 0.717) is 17.1 Å². The molecule has 0 bridgehead atoms. The number of ether oxygens (including phenoxy) is 3. The maximum atomic E-state index is 12.5. The number of rotatable bonds is 6. The van der Waals surface area contributed by atoms with Gasteiger partial charge in [-0.3, -0.25) is 4.79 Å². The van der Waals surface area contributed by atoms with E-state index in [1.807, 2.05) is 24.3 Å². The fourth-order valence-electron chi connectivity index (χ4n) is 2.98. The Hall–Kier alpha value is -2.80. The van der Waals surface area contributed by atoms with Gasteiger partial charge in [-0.15, -0.1) is 0 Å². The second-order valence-electron chi connectivity index (χ2n) is 6.51. The van der Waals surface area contributed by atoms with Crippen molar-refractivity contribution in [3.63, 3.8) is 0 Å². The molecule has 27 heavy (non-hydrogen) atoms. The Balaban J connectivity index is 1.62. The lowest BCUT2D eigenvalue weighted by Gasteiger charge is -2.29. The molecule has 0 aliphatic carbocycles. The number of piperidine rings is 1. The zero-order valence-corrected chi connectivity index (χ0v) is 15.9. The molecule has 1 fully saturated rings. The molecule has 1 aromatic carbocycles. The Kier molecular flexibility index (Phi) is 6.13. The molecule has 0 atom stereocenters. The predicted molar refractivity (Wildman–Crippen MR) is 103 cm³/mol. The van der Waals surface area contributed by atoms with Crippen LogP contribution in [0.3, 0.4) is 0 Å². The second-order valence-corrected chi connectivity index (χ2v) is 6.51. The van der Waals surface area contributed by atoms with Crippen molar-refractivity contribution < 1.29 is 19.0 Å². The van der Waals surface area contributed by atoms with Crippen molar-refractivity contribution in [1.29, 1.82) is 0 Å². The van der Waals surface area contributed by atoms with E-state index < -0.39 is 0 Å². The quantitative estimate of drug-likeness (QED) is 0.842. The Morgan fingerprint density at radius 2 is 1.78 bits per heavy atom. The number of amides is 1. The van der Waals surface area contributed by atoms with E-state index in [2.05, 4.69) is 22.2 Å². The normalized spacial score (nSPS) is 15.2. The van der Waals surface area contributed by atoms with E-state index in [0.717, 1.165) is 31.7 Å². The smallest absolute Gasteiger partial charge is 0.261 e. The molecule has 7 nitrogen and oxygen atoms in total. The molecule has 0 saturated carbocycles. The number of carbonyl (C=O) groups is 1. The minimum atomic E-state index is -0.300. The second kappa shape index (κ2) is 8.73. The molecule has 1 aromatic heterocycles. The van der Waals surface area contributed by atoms with Gasteiger partial charge < -0.3 is 24.4 Å². The van der Waals surface area contributed by atoms with Gasteiger partial charge >= 0.3 is 0 Å². The molecule has 0 radical (unpaired) electrons. The van der Waals surface area contributed by atoms with Gasteiger partial charge in [-0.2, -0.15) is 4.98 Å². The highest BCUT2D eigenvalue weighted by molar-refractivity contribution is 6.05. The van der Waals surface area contributed by atoms with E-state index >= 15 is 0 Å². The molecule has 0 unspecified atom stereocenters. The third-order valence-electron chi connectivity index (χ3n) is 4.56. The number of likely N-dealkylation sites (tertiary alicyclic amines) is 1. The van der Waals surface area contributed by atoms with Crippen LogP contribution in [0.15, 0.2) is 36.4 Å². The van der Waals surface area contributed by atoms with Crippen LogP contribution in [0.1, 0.15) is 23.2 Å². The Morgan fingerprint density at radius 3 is 2.41 bits per heavy atom. The van der Waals surface area contributed by atoms with Crippen LogP contribution in [-0.2, 0) is 0 Å². The highest BCUT2D eigenvalue weighted by atomic mass is 16.5. The molecule has 3 rings (SSSR count). The summed E-state index contributed by atoms with van der Waals surface area (Å²) in [6.07, 6.45) is 2.30. The summed E-state index contributed by atoms with van der Waals surface area (Å²) in [6.45, 7) is 2.10. The van der Waals surface area contributed by atoms with Crippen molar-refractivity contribution in [1.82, 2.24) is 9.88 Å². The van der Waals surface area contributed by atoms with Crippen LogP contribution in [0, 0.1) is 0 Å². The van der Waals surface area contributed by atoms with Gasteiger partial charge in [0.25, 0.3) is 5.91 Å². The van der Waals surface area contributed by atoms with Gasteiger partial charge in [-0.1, -0.05) is 0 Å². The van der Waals surface area contributed by atoms with Crippen LogP contribution in [0.4, 0.5) is 5.69 Å². The first-order valence-electron chi connectivity index (χ1n) is 8.94. The van der Waals surface area contributed by atoms with Crippen molar-refractivity contribution in [3.05, 3.63) is 42.0 Å². The van der Waals surface area contributed by atoms with E-state index in [9.17, 15) is 4.79 Å². The van der Waals surface area contributed by atoms with Crippen molar-refractivity contribution >= 4 is 11.6 Å². The molecule has 1 amide bonds. The molecule has 144 valence electrons. The first-order chi connectivity index (χ1) is 13.1. The molecule has 2 aromatic rings. The summed E-state index contributed by atoms with van der Waals surface area (Å²) in [5, 5.41) is 2.85. The number of hydrogen-bond donors (Lipinski definition) is 1. The maximum absolute atomic E-state index is 12.5.